The monoisotopic (exact) mass is 394 g/mol. The van der Waals surface area contributed by atoms with E-state index in [2.05, 4.69) is 34.4 Å². The van der Waals surface area contributed by atoms with Crippen LogP contribution in [0.2, 0.25) is 0 Å². The SMILES string of the molecule is CC(C)c1ccc(Nc2ncnc(Nc3cccc([N+](=O)[O-])c3)c2[N+](=O)[O-])cc1. The maximum Gasteiger partial charge on any atom is 0.353 e. The first kappa shape index (κ1) is 19.7. The fourth-order valence-electron chi connectivity index (χ4n) is 2.66. The van der Waals surface area contributed by atoms with Crippen LogP contribution in [0.25, 0.3) is 0 Å². The standard InChI is InChI=1S/C19H18N6O4/c1-12(2)13-6-8-14(9-7-13)22-18-17(25(28)29)19(21-11-20-18)23-15-4-3-5-16(10-15)24(26)27/h3-12H,1-2H3,(H2,20,21,22,23). The van der Waals surface area contributed by atoms with Gasteiger partial charge in [-0.05, 0) is 29.7 Å². The molecule has 2 N–H and O–H groups in total. The molecule has 1 aromatic heterocycles. The second-order valence-electron chi connectivity index (χ2n) is 6.51. The minimum Gasteiger partial charge on any atom is -0.334 e. The third kappa shape index (κ3) is 4.61. The van der Waals surface area contributed by atoms with Gasteiger partial charge in [-0.2, -0.15) is 0 Å². The smallest absolute Gasteiger partial charge is 0.334 e. The van der Waals surface area contributed by atoms with Crippen molar-refractivity contribution in [1.29, 1.82) is 0 Å². The molecule has 0 aliphatic rings. The Hall–Kier alpha value is -4.08. The molecule has 0 saturated heterocycles. The van der Waals surface area contributed by atoms with E-state index in [1.54, 1.807) is 6.07 Å². The summed E-state index contributed by atoms with van der Waals surface area (Å²) in [4.78, 5) is 29.4. The first-order chi connectivity index (χ1) is 13.8. The highest BCUT2D eigenvalue weighted by atomic mass is 16.6. The van der Waals surface area contributed by atoms with Gasteiger partial charge in [0.15, 0.2) is 0 Å². The average molecular weight is 394 g/mol. The van der Waals surface area contributed by atoms with E-state index < -0.39 is 9.85 Å². The van der Waals surface area contributed by atoms with Gasteiger partial charge in [-0.3, -0.25) is 20.2 Å². The molecule has 0 aliphatic heterocycles. The van der Waals surface area contributed by atoms with E-state index in [0.29, 0.717) is 17.3 Å². The summed E-state index contributed by atoms with van der Waals surface area (Å²) in [5.41, 5.74) is 1.56. The van der Waals surface area contributed by atoms with Crippen molar-refractivity contribution in [2.24, 2.45) is 0 Å². The molecule has 0 atom stereocenters. The first-order valence-corrected chi connectivity index (χ1v) is 8.73. The molecule has 29 heavy (non-hydrogen) atoms. The lowest BCUT2D eigenvalue weighted by Gasteiger charge is -2.11. The van der Waals surface area contributed by atoms with Crippen LogP contribution in [0.4, 0.5) is 34.4 Å². The van der Waals surface area contributed by atoms with E-state index in [0.717, 1.165) is 5.56 Å². The number of nitro groups is 2. The molecule has 10 heteroatoms. The van der Waals surface area contributed by atoms with Gasteiger partial charge < -0.3 is 10.6 Å². The lowest BCUT2D eigenvalue weighted by atomic mass is 10.0. The molecule has 148 valence electrons. The van der Waals surface area contributed by atoms with Crippen LogP contribution in [0, 0.1) is 20.2 Å². The average Bonchev–Trinajstić information content (AvgIpc) is 2.68. The maximum atomic E-state index is 11.7. The molecule has 0 bridgehead atoms. The molecular weight excluding hydrogens is 376 g/mol. The van der Waals surface area contributed by atoms with Gasteiger partial charge >= 0.3 is 5.69 Å². The predicted octanol–water partition coefficient (Wildman–Crippen LogP) is 4.90. The largest absolute Gasteiger partial charge is 0.353 e. The van der Waals surface area contributed by atoms with Crippen LogP contribution in [0.15, 0.2) is 54.9 Å². The summed E-state index contributed by atoms with van der Waals surface area (Å²) >= 11 is 0. The van der Waals surface area contributed by atoms with Crippen LogP contribution in [0.1, 0.15) is 25.3 Å². The lowest BCUT2D eigenvalue weighted by Crippen LogP contribution is -2.05. The second-order valence-corrected chi connectivity index (χ2v) is 6.51. The Morgan fingerprint density at radius 3 is 2.03 bits per heavy atom. The van der Waals surface area contributed by atoms with E-state index >= 15 is 0 Å². The van der Waals surface area contributed by atoms with Crippen LogP contribution >= 0.6 is 0 Å². The van der Waals surface area contributed by atoms with Crippen LogP contribution in [-0.4, -0.2) is 19.8 Å². The molecule has 3 rings (SSSR count). The third-order valence-corrected chi connectivity index (χ3v) is 4.16. The number of aromatic nitrogens is 2. The topological polar surface area (TPSA) is 136 Å². The highest BCUT2D eigenvalue weighted by Crippen LogP contribution is 2.33. The molecule has 1 heterocycles. The Balaban J connectivity index is 1.92. The van der Waals surface area contributed by atoms with Gasteiger partial charge in [-0.1, -0.05) is 32.0 Å². The highest BCUT2D eigenvalue weighted by molar-refractivity contribution is 5.77. The second kappa shape index (κ2) is 8.30. The predicted molar refractivity (Wildman–Crippen MR) is 109 cm³/mol. The molecule has 10 nitrogen and oxygen atoms in total. The quantitative estimate of drug-likeness (QED) is 0.426. The van der Waals surface area contributed by atoms with Crippen molar-refractivity contribution < 1.29 is 9.85 Å². The van der Waals surface area contributed by atoms with Crippen molar-refractivity contribution in [3.8, 4) is 0 Å². The first-order valence-electron chi connectivity index (χ1n) is 8.73. The Labute approximate surface area is 165 Å². The number of hydrogen-bond donors (Lipinski definition) is 2. The molecule has 0 unspecified atom stereocenters. The number of nitro benzene ring substituents is 1. The van der Waals surface area contributed by atoms with Crippen molar-refractivity contribution >= 4 is 34.4 Å². The molecular formula is C19H18N6O4. The summed E-state index contributed by atoms with van der Waals surface area (Å²) in [6.45, 7) is 4.15. The molecule has 0 aliphatic carbocycles. The highest BCUT2D eigenvalue weighted by Gasteiger charge is 2.23. The molecule has 0 saturated carbocycles. The number of nitrogens with zero attached hydrogens (tertiary/aromatic N) is 4. The summed E-state index contributed by atoms with van der Waals surface area (Å²) in [5.74, 6) is 0.296. The van der Waals surface area contributed by atoms with Gasteiger partial charge in [-0.15, -0.1) is 0 Å². The zero-order valence-electron chi connectivity index (χ0n) is 15.7. The van der Waals surface area contributed by atoms with Crippen LogP contribution < -0.4 is 10.6 Å². The lowest BCUT2D eigenvalue weighted by molar-refractivity contribution is -0.384. The summed E-state index contributed by atoms with van der Waals surface area (Å²) in [5, 5.41) is 28.3. The number of benzene rings is 2. The maximum absolute atomic E-state index is 11.7. The zero-order valence-corrected chi connectivity index (χ0v) is 15.7. The van der Waals surface area contributed by atoms with Crippen molar-refractivity contribution in [2.75, 3.05) is 10.6 Å². The van der Waals surface area contributed by atoms with Crippen molar-refractivity contribution in [3.63, 3.8) is 0 Å². The zero-order chi connectivity index (χ0) is 21.0. The molecule has 0 spiro atoms. The number of anilines is 4. The van der Waals surface area contributed by atoms with E-state index in [4.69, 9.17) is 0 Å². The minimum absolute atomic E-state index is 0.00947. The molecule has 0 amide bonds. The van der Waals surface area contributed by atoms with Crippen molar-refractivity contribution in [2.45, 2.75) is 19.8 Å². The molecule has 0 radical (unpaired) electrons. The Morgan fingerprint density at radius 2 is 1.48 bits per heavy atom. The number of rotatable bonds is 7. The Bertz CT molecular complexity index is 1050. The van der Waals surface area contributed by atoms with E-state index in [9.17, 15) is 20.2 Å². The fraction of sp³-hybridized carbons (Fsp3) is 0.158. The number of hydrogen-bond acceptors (Lipinski definition) is 8. The van der Waals surface area contributed by atoms with Gasteiger partial charge in [0.1, 0.15) is 6.33 Å². The number of nitrogens with one attached hydrogen (secondary N) is 2. The van der Waals surface area contributed by atoms with E-state index in [1.807, 2.05) is 24.3 Å². The van der Waals surface area contributed by atoms with Crippen LogP contribution in [0.3, 0.4) is 0 Å². The van der Waals surface area contributed by atoms with E-state index in [-0.39, 0.29) is 23.0 Å². The van der Waals surface area contributed by atoms with Gasteiger partial charge in [0.05, 0.1) is 9.85 Å². The van der Waals surface area contributed by atoms with E-state index in [1.165, 1.54) is 24.5 Å². The van der Waals surface area contributed by atoms with Crippen molar-refractivity contribution in [1.82, 2.24) is 9.97 Å². The fourth-order valence-corrected chi connectivity index (χ4v) is 2.66. The summed E-state index contributed by atoms with van der Waals surface area (Å²) < 4.78 is 0. The van der Waals surface area contributed by atoms with Crippen molar-refractivity contribution in [3.05, 3.63) is 80.7 Å². The van der Waals surface area contributed by atoms with Crippen LogP contribution in [0.5, 0.6) is 0 Å². The normalized spacial score (nSPS) is 10.6. The summed E-state index contributed by atoms with van der Waals surface area (Å²) in [7, 11) is 0. The van der Waals surface area contributed by atoms with Gasteiger partial charge in [-0.25, -0.2) is 9.97 Å². The molecule has 0 fully saturated rings. The Morgan fingerprint density at radius 1 is 0.862 bits per heavy atom. The Kier molecular flexibility index (Phi) is 5.63. The van der Waals surface area contributed by atoms with Crippen LogP contribution in [-0.2, 0) is 0 Å². The third-order valence-electron chi connectivity index (χ3n) is 4.16. The summed E-state index contributed by atoms with van der Waals surface area (Å²) in [6, 6.07) is 13.1. The minimum atomic E-state index is -0.607. The number of non-ortho nitro benzene ring substituents is 1. The summed E-state index contributed by atoms with van der Waals surface area (Å²) in [6.07, 6.45) is 1.18. The van der Waals surface area contributed by atoms with Gasteiger partial charge in [0, 0.05) is 23.5 Å². The van der Waals surface area contributed by atoms with Gasteiger partial charge in [0.25, 0.3) is 5.69 Å². The molecule has 2 aromatic carbocycles. The van der Waals surface area contributed by atoms with Gasteiger partial charge in [0.2, 0.25) is 11.6 Å². The molecule has 3 aromatic rings.